The fourth-order valence-corrected chi connectivity index (χ4v) is 2.17. The number of anilines is 1. The molecule has 0 amide bonds. The molecule has 0 radical (unpaired) electrons. The van der Waals surface area contributed by atoms with Gasteiger partial charge in [-0.05, 0) is 26.0 Å². The fraction of sp³-hybridized carbons (Fsp3) is 0.583. The number of unbranched alkanes of at least 4 members (excludes halogenated alkanes) is 1. The fourth-order valence-electron chi connectivity index (χ4n) is 1.58. The maximum absolute atomic E-state index is 12.0. The molecule has 0 aliphatic heterocycles. The van der Waals surface area contributed by atoms with Gasteiger partial charge in [0.1, 0.15) is 10.6 Å². The van der Waals surface area contributed by atoms with Crippen molar-refractivity contribution in [2.45, 2.75) is 38.1 Å². The van der Waals surface area contributed by atoms with Gasteiger partial charge in [-0.1, -0.05) is 13.3 Å². The first kappa shape index (κ1) is 14.8. The van der Waals surface area contributed by atoms with Gasteiger partial charge in [0, 0.05) is 0 Å². The van der Waals surface area contributed by atoms with Crippen molar-refractivity contribution in [2.24, 2.45) is 0 Å². The summed E-state index contributed by atoms with van der Waals surface area (Å²) in [5.74, 6) is -0.161. The van der Waals surface area contributed by atoms with Gasteiger partial charge >= 0.3 is 5.97 Å². The van der Waals surface area contributed by atoms with Crippen molar-refractivity contribution in [1.82, 2.24) is 9.97 Å². The van der Waals surface area contributed by atoms with Gasteiger partial charge in [-0.15, -0.1) is 11.8 Å². The van der Waals surface area contributed by atoms with E-state index >= 15 is 0 Å². The van der Waals surface area contributed by atoms with E-state index in [9.17, 15) is 4.79 Å². The quantitative estimate of drug-likeness (QED) is 0.485. The molecule has 0 aromatic carbocycles. The lowest BCUT2D eigenvalue weighted by atomic mass is 10.1. The van der Waals surface area contributed by atoms with Crippen LogP contribution in [0.3, 0.4) is 0 Å². The molecule has 0 fully saturated rings. The minimum absolute atomic E-state index is 0.207. The summed E-state index contributed by atoms with van der Waals surface area (Å²) < 4.78 is 5.06. The average Bonchev–Trinajstić information content (AvgIpc) is 2.35. The number of aromatic nitrogens is 2. The second-order valence-corrected chi connectivity index (χ2v) is 4.53. The molecule has 0 unspecified atom stereocenters. The summed E-state index contributed by atoms with van der Waals surface area (Å²) in [5, 5.41) is 0.590. The molecule has 18 heavy (non-hydrogen) atoms. The molecule has 2 N–H and O–H groups in total. The number of carbonyl (C=O) groups excluding carboxylic acids is 1. The molecule has 0 saturated heterocycles. The van der Waals surface area contributed by atoms with Crippen LogP contribution in [0.5, 0.6) is 0 Å². The summed E-state index contributed by atoms with van der Waals surface area (Å²) in [5.41, 5.74) is 6.81. The van der Waals surface area contributed by atoms with Crippen molar-refractivity contribution in [3.63, 3.8) is 0 Å². The summed E-state index contributed by atoms with van der Waals surface area (Å²) in [4.78, 5) is 20.2. The Morgan fingerprint density at radius 2 is 2.11 bits per heavy atom. The summed E-state index contributed by atoms with van der Waals surface area (Å²) in [6.07, 6.45) is 4.55. The number of hydrogen-bond acceptors (Lipinski definition) is 6. The van der Waals surface area contributed by atoms with Gasteiger partial charge in [0.2, 0.25) is 5.95 Å². The third-order valence-corrected chi connectivity index (χ3v) is 3.09. The monoisotopic (exact) mass is 269 g/mol. The number of carbonyl (C=O) groups is 1. The number of rotatable bonds is 6. The summed E-state index contributed by atoms with van der Waals surface area (Å²) in [6.45, 7) is 4.20. The largest absolute Gasteiger partial charge is 0.462 e. The van der Waals surface area contributed by atoms with Crippen molar-refractivity contribution in [3.05, 3.63) is 11.3 Å². The van der Waals surface area contributed by atoms with E-state index in [2.05, 4.69) is 16.9 Å². The van der Waals surface area contributed by atoms with Crippen LogP contribution in [0.4, 0.5) is 5.95 Å². The highest BCUT2D eigenvalue weighted by molar-refractivity contribution is 7.98. The first-order chi connectivity index (χ1) is 8.63. The van der Waals surface area contributed by atoms with Gasteiger partial charge in [0.15, 0.2) is 0 Å². The summed E-state index contributed by atoms with van der Waals surface area (Å²) in [7, 11) is 0. The molecule has 6 heteroatoms. The van der Waals surface area contributed by atoms with Crippen LogP contribution in [-0.2, 0) is 11.2 Å². The molecule has 1 heterocycles. The van der Waals surface area contributed by atoms with Crippen molar-refractivity contribution in [1.29, 1.82) is 0 Å². The molecule has 100 valence electrons. The van der Waals surface area contributed by atoms with Crippen LogP contribution >= 0.6 is 11.8 Å². The molecule has 1 aromatic heterocycles. The third-order valence-electron chi connectivity index (χ3n) is 2.41. The number of nitrogen functional groups attached to an aromatic ring is 1. The zero-order valence-electron chi connectivity index (χ0n) is 11.0. The van der Waals surface area contributed by atoms with Crippen LogP contribution in [0.2, 0.25) is 0 Å². The van der Waals surface area contributed by atoms with E-state index in [1.165, 1.54) is 11.8 Å². The van der Waals surface area contributed by atoms with E-state index < -0.39 is 0 Å². The summed E-state index contributed by atoms with van der Waals surface area (Å²) in [6, 6.07) is 0. The molecule has 0 spiro atoms. The van der Waals surface area contributed by atoms with Gasteiger partial charge in [0.25, 0.3) is 0 Å². The second-order valence-electron chi connectivity index (χ2n) is 3.74. The van der Waals surface area contributed by atoms with Crippen LogP contribution in [0, 0.1) is 0 Å². The van der Waals surface area contributed by atoms with E-state index in [0.29, 0.717) is 29.3 Å². The van der Waals surface area contributed by atoms with E-state index in [1.54, 1.807) is 6.92 Å². The lowest BCUT2D eigenvalue weighted by Crippen LogP contribution is -2.14. The average molecular weight is 269 g/mol. The zero-order chi connectivity index (χ0) is 13.5. The Labute approximate surface area is 112 Å². The number of ether oxygens (including phenoxy) is 1. The smallest absolute Gasteiger partial charge is 0.342 e. The lowest BCUT2D eigenvalue weighted by molar-refractivity contribution is 0.0519. The standard InChI is InChI=1S/C12H19N3O2S/c1-4-6-7-8-9(11(16)17-5-2)10(18-3)15-12(13)14-8/h4-7H2,1-3H3,(H2,13,14,15). The number of thioether (sulfide) groups is 1. The zero-order valence-corrected chi connectivity index (χ0v) is 11.8. The Morgan fingerprint density at radius 1 is 1.39 bits per heavy atom. The number of esters is 1. The van der Waals surface area contributed by atoms with Crippen molar-refractivity contribution in [3.8, 4) is 0 Å². The predicted octanol–water partition coefficient (Wildman–Crippen LogP) is 2.30. The normalized spacial score (nSPS) is 10.4. The maximum atomic E-state index is 12.0. The number of nitrogens with zero attached hydrogens (tertiary/aromatic N) is 2. The van der Waals surface area contributed by atoms with E-state index in [0.717, 1.165) is 12.8 Å². The highest BCUT2D eigenvalue weighted by atomic mass is 32.2. The van der Waals surface area contributed by atoms with Gasteiger partial charge < -0.3 is 10.5 Å². The van der Waals surface area contributed by atoms with E-state index in [4.69, 9.17) is 10.5 Å². The minimum atomic E-state index is -0.368. The second kappa shape index (κ2) is 7.20. The molecule has 5 nitrogen and oxygen atoms in total. The molecule has 1 aromatic rings. The molecule has 0 saturated carbocycles. The van der Waals surface area contributed by atoms with Crippen LogP contribution in [0.25, 0.3) is 0 Å². The molecule has 0 aliphatic carbocycles. The van der Waals surface area contributed by atoms with Gasteiger partial charge in [-0.3, -0.25) is 0 Å². The lowest BCUT2D eigenvalue weighted by Gasteiger charge is -2.11. The predicted molar refractivity (Wildman–Crippen MR) is 72.8 cm³/mol. The summed E-state index contributed by atoms with van der Waals surface area (Å²) >= 11 is 1.38. The van der Waals surface area contributed by atoms with Crippen LogP contribution in [-0.4, -0.2) is 28.8 Å². The van der Waals surface area contributed by atoms with Crippen LogP contribution < -0.4 is 5.73 Å². The maximum Gasteiger partial charge on any atom is 0.342 e. The Balaban J connectivity index is 3.19. The molecule has 0 bridgehead atoms. The molecule has 0 atom stereocenters. The highest BCUT2D eigenvalue weighted by Crippen LogP contribution is 2.23. The number of aryl methyl sites for hydroxylation is 1. The van der Waals surface area contributed by atoms with E-state index in [1.807, 2.05) is 6.26 Å². The minimum Gasteiger partial charge on any atom is -0.462 e. The highest BCUT2D eigenvalue weighted by Gasteiger charge is 2.20. The van der Waals surface area contributed by atoms with Crippen molar-refractivity contribution in [2.75, 3.05) is 18.6 Å². The topological polar surface area (TPSA) is 78.1 Å². The SMILES string of the molecule is CCCCc1nc(N)nc(SC)c1C(=O)OCC. The first-order valence-corrected chi connectivity index (χ1v) is 7.23. The number of hydrogen-bond donors (Lipinski definition) is 1. The Morgan fingerprint density at radius 3 is 2.67 bits per heavy atom. The Kier molecular flexibility index (Phi) is 5.91. The van der Waals surface area contributed by atoms with Crippen molar-refractivity contribution < 1.29 is 9.53 Å². The molecular weight excluding hydrogens is 250 g/mol. The van der Waals surface area contributed by atoms with Gasteiger partial charge in [-0.25, -0.2) is 14.8 Å². The van der Waals surface area contributed by atoms with Crippen LogP contribution in [0.1, 0.15) is 42.7 Å². The van der Waals surface area contributed by atoms with Crippen molar-refractivity contribution >= 4 is 23.7 Å². The first-order valence-electron chi connectivity index (χ1n) is 6.01. The van der Waals surface area contributed by atoms with Gasteiger partial charge in [-0.2, -0.15) is 0 Å². The number of nitrogens with two attached hydrogens (primary N) is 1. The van der Waals surface area contributed by atoms with Crippen LogP contribution in [0.15, 0.2) is 5.03 Å². The Hall–Kier alpha value is -1.30. The van der Waals surface area contributed by atoms with E-state index in [-0.39, 0.29) is 11.9 Å². The Bertz CT molecular complexity index is 424. The molecular formula is C12H19N3O2S. The molecule has 0 aliphatic rings. The van der Waals surface area contributed by atoms with Gasteiger partial charge in [0.05, 0.1) is 12.3 Å². The molecule has 1 rings (SSSR count). The third kappa shape index (κ3) is 3.60.